The number of ether oxygens (including phenoxy) is 4. The van der Waals surface area contributed by atoms with Crippen molar-refractivity contribution in [3.63, 3.8) is 0 Å². The van der Waals surface area contributed by atoms with Gasteiger partial charge in [0, 0.05) is 31.9 Å². The second-order valence-corrected chi connectivity index (χ2v) is 5.97. The van der Waals surface area contributed by atoms with Crippen LogP contribution in [0, 0.1) is 0 Å². The number of azide groups is 1. The summed E-state index contributed by atoms with van der Waals surface area (Å²) < 4.78 is 21.9. The zero-order valence-electron chi connectivity index (χ0n) is 15.7. The molecule has 1 saturated heterocycles. The standard InChI is InChI=1S/C15H18N6O8/c1-7(22)26-6-15(19-20-17)12(28-9(3)24)11(27-8(2)23)13(29-15)21-5-4-10(16)18-14(21)25/h4-5,11-13H,6H2,1-3H3,(H2,16,18,25)/t11-,12+,13-,15-/m1/s1. The van der Waals surface area contributed by atoms with Crippen molar-refractivity contribution in [1.82, 2.24) is 9.55 Å². The van der Waals surface area contributed by atoms with Gasteiger partial charge in [-0.15, -0.1) is 0 Å². The monoisotopic (exact) mass is 410 g/mol. The molecular weight excluding hydrogens is 392 g/mol. The van der Waals surface area contributed by atoms with Crippen molar-refractivity contribution in [3.8, 4) is 0 Å². The average Bonchev–Trinajstić information content (AvgIpc) is 2.87. The largest absolute Gasteiger partial charge is 0.462 e. The van der Waals surface area contributed by atoms with Gasteiger partial charge in [0.25, 0.3) is 0 Å². The number of hydrogen-bond acceptors (Lipinski definition) is 11. The van der Waals surface area contributed by atoms with Crippen LogP contribution in [-0.2, 0) is 33.3 Å². The molecule has 29 heavy (non-hydrogen) atoms. The van der Waals surface area contributed by atoms with E-state index in [2.05, 4.69) is 15.0 Å². The van der Waals surface area contributed by atoms with Crippen LogP contribution in [0.15, 0.2) is 22.2 Å². The fourth-order valence-electron chi connectivity index (χ4n) is 2.74. The van der Waals surface area contributed by atoms with E-state index in [9.17, 15) is 19.2 Å². The first-order valence-electron chi connectivity index (χ1n) is 8.16. The molecule has 156 valence electrons. The molecule has 0 bridgehead atoms. The summed E-state index contributed by atoms with van der Waals surface area (Å²) in [5, 5.41) is 3.49. The topological polar surface area (TPSA) is 198 Å². The third-order valence-corrected chi connectivity index (χ3v) is 3.77. The zero-order chi connectivity index (χ0) is 21.8. The van der Waals surface area contributed by atoms with Gasteiger partial charge in [-0.3, -0.25) is 19.0 Å². The fourth-order valence-corrected chi connectivity index (χ4v) is 2.74. The summed E-state index contributed by atoms with van der Waals surface area (Å²) in [7, 11) is 0. The van der Waals surface area contributed by atoms with Gasteiger partial charge in [0.2, 0.25) is 5.72 Å². The molecule has 2 rings (SSSR count). The van der Waals surface area contributed by atoms with Gasteiger partial charge in [-0.2, -0.15) is 4.98 Å². The maximum absolute atomic E-state index is 12.3. The molecule has 0 radical (unpaired) electrons. The number of carbonyl (C=O) groups excluding carboxylic acids is 3. The highest BCUT2D eigenvalue weighted by Crippen LogP contribution is 2.42. The molecular formula is C15H18N6O8. The van der Waals surface area contributed by atoms with Gasteiger partial charge in [-0.05, 0) is 11.6 Å². The van der Waals surface area contributed by atoms with Crippen molar-refractivity contribution in [1.29, 1.82) is 0 Å². The molecule has 1 aliphatic heterocycles. The predicted molar refractivity (Wildman–Crippen MR) is 92.6 cm³/mol. The maximum Gasteiger partial charge on any atom is 0.351 e. The Morgan fingerprint density at radius 2 is 1.97 bits per heavy atom. The highest BCUT2D eigenvalue weighted by atomic mass is 16.7. The first-order valence-corrected chi connectivity index (χ1v) is 8.16. The van der Waals surface area contributed by atoms with Gasteiger partial charge in [0.05, 0.1) is 0 Å². The molecule has 4 atom stereocenters. The number of aromatic nitrogens is 2. The number of hydrogen-bond donors (Lipinski definition) is 1. The number of nitrogens with zero attached hydrogens (tertiary/aromatic N) is 5. The quantitative estimate of drug-likeness (QED) is 0.215. The summed E-state index contributed by atoms with van der Waals surface area (Å²) in [4.78, 5) is 53.1. The van der Waals surface area contributed by atoms with Crippen molar-refractivity contribution < 1.29 is 33.3 Å². The van der Waals surface area contributed by atoms with E-state index in [1.165, 1.54) is 12.3 Å². The van der Waals surface area contributed by atoms with Gasteiger partial charge >= 0.3 is 23.6 Å². The van der Waals surface area contributed by atoms with Crippen LogP contribution in [0.5, 0.6) is 0 Å². The summed E-state index contributed by atoms with van der Waals surface area (Å²) in [5.41, 5.74) is 11.5. The van der Waals surface area contributed by atoms with E-state index < -0.39 is 54.4 Å². The van der Waals surface area contributed by atoms with Crippen LogP contribution in [-0.4, -0.2) is 52.0 Å². The van der Waals surface area contributed by atoms with E-state index in [0.717, 1.165) is 25.3 Å². The Labute approximate surface area is 163 Å². The Kier molecular flexibility index (Phi) is 6.41. The lowest BCUT2D eigenvalue weighted by atomic mass is 10.0. The Bertz CT molecular complexity index is 926. The van der Waals surface area contributed by atoms with Gasteiger partial charge in [-0.1, -0.05) is 5.11 Å². The molecule has 0 amide bonds. The average molecular weight is 410 g/mol. The number of nitrogens with two attached hydrogens (primary N) is 1. The van der Waals surface area contributed by atoms with Gasteiger partial charge < -0.3 is 24.7 Å². The molecule has 1 aromatic heterocycles. The van der Waals surface area contributed by atoms with Crippen molar-refractivity contribution in [3.05, 3.63) is 33.2 Å². The molecule has 14 nitrogen and oxygen atoms in total. The minimum absolute atomic E-state index is 0.0777. The highest BCUT2D eigenvalue weighted by Gasteiger charge is 2.61. The third kappa shape index (κ3) is 4.80. The summed E-state index contributed by atoms with van der Waals surface area (Å²) in [6.07, 6.45) is -3.23. The molecule has 2 N–H and O–H groups in total. The molecule has 0 aliphatic carbocycles. The molecule has 1 aromatic rings. The number of anilines is 1. The molecule has 1 fully saturated rings. The maximum atomic E-state index is 12.3. The summed E-state index contributed by atoms with van der Waals surface area (Å²) in [5.74, 6) is -2.46. The number of nitrogen functional groups attached to an aromatic ring is 1. The van der Waals surface area contributed by atoms with Gasteiger partial charge in [0.1, 0.15) is 12.4 Å². The van der Waals surface area contributed by atoms with Gasteiger partial charge in [0.15, 0.2) is 18.4 Å². The number of esters is 3. The summed E-state index contributed by atoms with van der Waals surface area (Å²) >= 11 is 0. The van der Waals surface area contributed by atoms with Crippen molar-refractivity contribution >= 4 is 23.7 Å². The predicted octanol–water partition coefficient (Wildman–Crippen LogP) is -0.213. The van der Waals surface area contributed by atoms with Crippen LogP contribution < -0.4 is 11.4 Å². The van der Waals surface area contributed by atoms with Crippen LogP contribution in [0.3, 0.4) is 0 Å². The Hall–Kier alpha value is -3.64. The molecule has 0 unspecified atom stereocenters. The smallest absolute Gasteiger partial charge is 0.351 e. The van der Waals surface area contributed by atoms with Crippen LogP contribution in [0.4, 0.5) is 5.82 Å². The highest BCUT2D eigenvalue weighted by molar-refractivity contribution is 5.68. The second-order valence-electron chi connectivity index (χ2n) is 5.97. The van der Waals surface area contributed by atoms with Crippen LogP contribution in [0.1, 0.15) is 27.0 Å². The van der Waals surface area contributed by atoms with Crippen molar-refractivity contribution in [2.75, 3.05) is 12.3 Å². The fraction of sp³-hybridized carbons (Fsp3) is 0.533. The number of rotatable bonds is 6. The molecule has 14 heteroatoms. The van der Waals surface area contributed by atoms with E-state index in [-0.39, 0.29) is 5.82 Å². The van der Waals surface area contributed by atoms with E-state index in [4.69, 9.17) is 30.2 Å². The SMILES string of the molecule is CC(=O)OC[C@@]1(N=[N+]=[N-])O[C@@H](n2ccc(N)nc2=O)[C@H](OC(C)=O)[C@@H]1OC(C)=O. The van der Waals surface area contributed by atoms with E-state index in [0.29, 0.717) is 0 Å². The van der Waals surface area contributed by atoms with Crippen LogP contribution in [0.25, 0.3) is 10.4 Å². The molecule has 0 aromatic carbocycles. The normalized spacial score (nSPS) is 25.6. The lowest BCUT2D eigenvalue weighted by Crippen LogP contribution is -2.49. The molecule has 2 heterocycles. The Morgan fingerprint density at radius 3 is 2.48 bits per heavy atom. The van der Waals surface area contributed by atoms with E-state index in [1.807, 2.05) is 0 Å². The summed E-state index contributed by atoms with van der Waals surface area (Å²) in [6.45, 7) is 2.54. The first-order chi connectivity index (χ1) is 13.6. The number of carbonyl (C=O) groups is 3. The third-order valence-electron chi connectivity index (χ3n) is 3.77. The van der Waals surface area contributed by atoms with Crippen LogP contribution >= 0.6 is 0 Å². The van der Waals surface area contributed by atoms with Crippen molar-refractivity contribution in [2.45, 2.75) is 44.9 Å². The first kappa shape index (κ1) is 21.7. The van der Waals surface area contributed by atoms with E-state index >= 15 is 0 Å². The molecule has 1 aliphatic rings. The Morgan fingerprint density at radius 1 is 1.31 bits per heavy atom. The molecule has 0 spiro atoms. The zero-order valence-corrected chi connectivity index (χ0v) is 15.7. The minimum atomic E-state index is -2.13. The van der Waals surface area contributed by atoms with Crippen LogP contribution in [0.2, 0.25) is 0 Å². The van der Waals surface area contributed by atoms with Crippen molar-refractivity contribution in [2.24, 2.45) is 5.11 Å². The minimum Gasteiger partial charge on any atom is -0.462 e. The Balaban J connectivity index is 2.64. The lowest BCUT2D eigenvalue weighted by molar-refractivity contribution is -0.176. The summed E-state index contributed by atoms with van der Waals surface area (Å²) in [6, 6.07) is 1.27. The van der Waals surface area contributed by atoms with E-state index in [1.54, 1.807) is 0 Å². The second kappa shape index (κ2) is 8.58. The van der Waals surface area contributed by atoms with Gasteiger partial charge in [-0.25, -0.2) is 4.79 Å². The molecule has 0 saturated carbocycles. The lowest BCUT2D eigenvalue weighted by Gasteiger charge is -2.29.